The van der Waals surface area contributed by atoms with Crippen LogP contribution in [0.2, 0.25) is 0 Å². The Balaban J connectivity index is 2.55. The number of thiazole rings is 1. The van der Waals surface area contributed by atoms with Gasteiger partial charge in [0.1, 0.15) is 11.1 Å². The van der Waals surface area contributed by atoms with Gasteiger partial charge in [0, 0.05) is 18.0 Å². The highest BCUT2D eigenvalue weighted by Gasteiger charge is 2.13. The highest BCUT2D eigenvalue weighted by Crippen LogP contribution is 2.25. The molecule has 0 saturated heterocycles. The van der Waals surface area contributed by atoms with E-state index in [2.05, 4.69) is 38.0 Å². The zero-order chi connectivity index (χ0) is 12.8. The molecule has 1 N–H and O–H groups in total. The van der Waals surface area contributed by atoms with Gasteiger partial charge in [-0.3, -0.25) is 0 Å². The van der Waals surface area contributed by atoms with Crippen LogP contribution in [0.5, 0.6) is 0 Å². The van der Waals surface area contributed by atoms with Crippen molar-refractivity contribution in [2.45, 2.75) is 47.3 Å². The molecule has 0 fully saturated rings. The van der Waals surface area contributed by atoms with E-state index < -0.39 is 0 Å². The normalized spacial score (nSPS) is 13.3. The van der Waals surface area contributed by atoms with Gasteiger partial charge in [-0.2, -0.15) is 0 Å². The van der Waals surface area contributed by atoms with Crippen molar-refractivity contribution < 1.29 is 4.74 Å². The lowest BCUT2D eigenvalue weighted by molar-refractivity contribution is 0.0761. The van der Waals surface area contributed by atoms with E-state index in [0.29, 0.717) is 5.92 Å². The summed E-state index contributed by atoms with van der Waals surface area (Å²) in [4.78, 5) is 5.91. The lowest BCUT2D eigenvalue weighted by Crippen LogP contribution is -2.18. The van der Waals surface area contributed by atoms with Gasteiger partial charge in [0.05, 0.1) is 5.69 Å². The summed E-state index contributed by atoms with van der Waals surface area (Å²) in [6.45, 7) is 13.3. The summed E-state index contributed by atoms with van der Waals surface area (Å²) < 4.78 is 5.57. The van der Waals surface area contributed by atoms with Crippen LogP contribution in [0.15, 0.2) is 0 Å². The molecule has 1 aromatic heterocycles. The molecule has 0 spiro atoms. The van der Waals surface area contributed by atoms with Crippen molar-refractivity contribution in [2.24, 2.45) is 5.92 Å². The summed E-state index contributed by atoms with van der Waals surface area (Å²) in [6, 6.07) is 0. The Hall–Kier alpha value is -0.450. The maximum atomic E-state index is 5.57. The van der Waals surface area contributed by atoms with Crippen LogP contribution in [0.4, 0.5) is 0 Å². The number of nitrogens with one attached hydrogen (secondary N) is 1. The van der Waals surface area contributed by atoms with Gasteiger partial charge in [-0.25, -0.2) is 4.98 Å². The van der Waals surface area contributed by atoms with Crippen molar-refractivity contribution in [1.82, 2.24) is 10.3 Å². The first kappa shape index (κ1) is 14.6. The molecule has 0 aliphatic rings. The van der Waals surface area contributed by atoms with Crippen LogP contribution in [0, 0.1) is 12.8 Å². The molecule has 1 heterocycles. The van der Waals surface area contributed by atoms with Crippen molar-refractivity contribution >= 4 is 11.3 Å². The van der Waals surface area contributed by atoms with Gasteiger partial charge < -0.3 is 10.1 Å². The topological polar surface area (TPSA) is 34.1 Å². The van der Waals surface area contributed by atoms with Crippen LogP contribution in [0.3, 0.4) is 0 Å². The maximum absolute atomic E-state index is 5.57. The Bertz CT molecular complexity index is 336. The van der Waals surface area contributed by atoms with Crippen molar-refractivity contribution in [1.29, 1.82) is 0 Å². The van der Waals surface area contributed by atoms with Crippen LogP contribution in [0.25, 0.3) is 0 Å². The molecule has 0 bridgehead atoms. The van der Waals surface area contributed by atoms with E-state index in [1.807, 2.05) is 6.92 Å². The van der Waals surface area contributed by atoms with Crippen molar-refractivity contribution in [3.63, 3.8) is 0 Å². The smallest absolute Gasteiger partial charge is 0.122 e. The fourth-order valence-electron chi connectivity index (χ4n) is 1.58. The zero-order valence-corrected chi connectivity index (χ0v) is 12.4. The Morgan fingerprint density at radius 3 is 2.65 bits per heavy atom. The number of aryl methyl sites for hydroxylation is 1. The Labute approximate surface area is 109 Å². The molecule has 3 nitrogen and oxygen atoms in total. The number of nitrogens with zero attached hydrogens (tertiary/aromatic N) is 1. The van der Waals surface area contributed by atoms with Gasteiger partial charge in [-0.05, 0) is 33.2 Å². The second kappa shape index (κ2) is 7.09. The first-order valence-corrected chi connectivity index (χ1v) is 7.14. The molecule has 0 amide bonds. The molecule has 1 unspecified atom stereocenters. The molecule has 0 aliphatic heterocycles. The largest absolute Gasteiger partial charge is 0.372 e. The van der Waals surface area contributed by atoms with E-state index in [1.54, 1.807) is 11.3 Å². The molecule has 4 heteroatoms. The molecule has 17 heavy (non-hydrogen) atoms. The monoisotopic (exact) mass is 256 g/mol. The summed E-state index contributed by atoms with van der Waals surface area (Å²) >= 11 is 1.76. The molecule has 98 valence electrons. The highest BCUT2D eigenvalue weighted by atomic mass is 32.1. The number of rotatable bonds is 7. The van der Waals surface area contributed by atoms with Crippen LogP contribution in [-0.4, -0.2) is 18.1 Å². The molecule has 1 rings (SSSR count). The zero-order valence-electron chi connectivity index (χ0n) is 11.5. The Kier molecular flexibility index (Phi) is 6.09. The second-order valence-electron chi connectivity index (χ2n) is 4.68. The van der Waals surface area contributed by atoms with Crippen molar-refractivity contribution in [3.8, 4) is 0 Å². The molecule has 0 saturated carbocycles. The van der Waals surface area contributed by atoms with Crippen LogP contribution in [-0.2, 0) is 11.3 Å². The summed E-state index contributed by atoms with van der Waals surface area (Å²) in [7, 11) is 0. The molecule has 0 radical (unpaired) electrons. The summed E-state index contributed by atoms with van der Waals surface area (Å²) in [6.07, 6.45) is 0.113. The number of hydrogen-bond donors (Lipinski definition) is 1. The van der Waals surface area contributed by atoms with Crippen molar-refractivity contribution in [3.05, 3.63) is 15.6 Å². The van der Waals surface area contributed by atoms with E-state index in [1.165, 1.54) is 4.88 Å². The predicted molar refractivity (Wildman–Crippen MR) is 73.4 cm³/mol. The van der Waals surface area contributed by atoms with Gasteiger partial charge in [0.15, 0.2) is 0 Å². The maximum Gasteiger partial charge on any atom is 0.122 e. The molecule has 0 aromatic carbocycles. The average Bonchev–Trinajstić information content (AvgIpc) is 2.60. The first-order valence-electron chi connectivity index (χ1n) is 6.33. The van der Waals surface area contributed by atoms with Crippen LogP contribution in [0.1, 0.15) is 49.4 Å². The van der Waals surface area contributed by atoms with Crippen molar-refractivity contribution in [2.75, 3.05) is 13.2 Å². The second-order valence-corrected chi connectivity index (χ2v) is 5.80. The van der Waals surface area contributed by atoms with E-state index >= 15 is 0 Å². The van der Waals surface area contributed by atoms with E-state index in [4.69, 9.17) is 4.74 Å². The third-order valence-corrected chi connectivity index (χ3v) is 3.83. The van der Waals surface area contributed by atoms with E-state index in [-0.39, 0.29) is 6.10 Å². The standard InChI is InChI=1S/C13H24N2OS/c1-6-16-11(5)13-15-10(4)12(17-13)8-14-7-9(2)3/h9,11,14H,6-8H2,1-5H3. The summed E-state index contributed by atoms with van der Waals surface area (Å²) in [5, 5.41) is 4.54. The van der Waals surface area contributed by atoms with E-state index in [0.717, 1.165) is 30.4 Å². The number of aromatic nitrogens is 1. The van der Waals surface area contributed by atoms with Crippen LogP contribution >= 0.6 is 11.3 Å². The lowest BCUT2D eigenvalue weighted by Gasteiger charge is -2.07. The number of ether oxygens (including phenoxy) is 1. The van der Waals surface area contributed by atoms with Crippen LogP contribution < -0.4 is 5.32 Å². The summed E-state index contributed by atoms with van der Waals surface area (Å²) in [5.74, 6) is 0.685. The fourth-order valence-corrected chi connectivity index (χ4v) is 2.62. The average molecular weight is 256 g/mol. The fraction of sp³-hybridized carbons (Fsp3) is 0.769. The minimum Gasteiger partial charge on any atom is -0.372 e. The lowest BCUT2D eigenvalue weighted by atomic mass is 10.2. The molecular weight excluding hydrogens is 232 g/mol. The summed E-state index contributed by atoms with van der Waals surface area (Å²) in [5.41, 5.74) is 1.13. The van der Waals surface area contributed by atoms with E-state index in [9.17, 15) is 0 Å². The molecule has 1 atom stereocenters. The SMILES string of the molecule is CCOC(C)c1nc(C)c(CNCC(C)C)s1. The highest BCUT2D eigenvalue weighted by molar-refractivity contribution is 7.11. The molecule has 1 aromatic rings. The minimum absolute atomic E-state index is 0.113. The third kappa shape index (κ3) is 4.74. The predicted octanol–water partition coefficient (Wildman–Crippen LogP) is 3.29. The van der Waals surface area contributed by atoms with Gasteiger partial charge in [0.2, 0.25) is 0 Å². The Morgan fingerprint density at radius 2 is 2.06 bits per heavy atom. The minimum atomic E-state index is 0.113. The van der Waals surface area contributed by atoms with Gasteiger partial charge in [0.25, 0.3) is 0 Å². The third-order valence-electron chi connectivity index (χ3n) is 2.51. The first-order chi connectivity index (χ1) is 8.04. The molecule has 0 aliphatic carbocycles. The van der Waals surface area contributed by atoms with Gasteiger partial charge >= 0.3 is 0 Å². The Morgan fingerprint density at radius 1 is 1.35 bits per heavy atom. The van der Waals surface area contributed by atoms with Gasteiger partial charge in [-0.15, -0.1) is 11.3 Å². The number of hydrogen-bond acceptors (Lipinski definition) is 4. The molecular formula is C13H24N2OS. The van der Waals surface area contributed by atoms with Gasteiger partial charge in [-0.1, -0.05) is 13.8 Å². The quantitative estimate of drug-likeness (QED) is 0.813.